The van der Waals surface area contributed by atoms with Crippen LogP contribution in [0.1, 0.15) is 41.6 Å². The summed E-state index contributed by atoms with van der Waals surface area (Å²) >= 11 is 0. The van der Waals surface area contributed by atoms with E-state index in [0.29, 0.717) is 17.5 Å². The number of amides is 1. The Morgan fingerprint density at radius 2 is 2.00 bits per heavy atom. The van der Waals surface area contributed by atoms with Gasteiger partial charge in [0.15, 0.2) is 0 Å². The van der Waals surface area contributed by atoms with Gasteiger partial charge in [0.1, 0.15) is 5.82 Å². The third-order valence-corrected chi connectivity index (χ3v) is 4.78. The number of likely N-dealkylation sites (tertiary alicyclic amines) is 1. The lowest BCUT2D eigenvalue weighted by Crippen LogP contribution is -2.43. The Labute approximate surface area is 125 Å². The first-order valence-electron chi connectivity index (χ1n) is 7.94. The maximum atomic E-state index is 13.5. The van der Waals surface area contributed by atoms with Crippen LogP contribution in [0.4, 0.5) is 4.39 Å². The third-order valence-electron chi connectivity index (χ3n) is 4.78. The lowest BCUT2D eigenvalue weighted by molar-refractivity contribution is 0.0666. The first kappa shape index (κ1) is 14.5. The van der Waals surface area contributed by atoms with Gasteiger partial charge in [-0.25, -0.2) is 4.39 Å². The van der Waals surface area contributed by atoms with Crippen LogP contribution in [-0.4, -0.2) is 36.5 Å². The Morgan fingerprint density at radius 3 is 2.71 bits per heavy atom. The van der Waals surface area contributed by atoms with Crippen LogP contribution in [0.3, 0.4) is 0 Å². The number of carbonyl (C=O) groups excluding carboxylic acids is 1. The number of carbonyl (C=O) groups is 1. The van der Waals surface area contributed by atoms with Crippen molar-refractivity contribution >= 4 is 5.91 Å². The van der Waals surface area contributed by atoms with Gasteiger partial charge in [-0.15, -0.1) is 0 Å². The number of aryl methyl sites for hydroxylation is 1. The van der Waals surface area contributed by atoms with Crippen LogP contribution >= 0.6 is 0 Å². The van der Waals surface area contributed by atoms with E-state index in [9.17, 15) is 9.18 Å². The number of hydrogen-bond donors (Lipinski definition) is 1. The Morgan fingerprint density at radius 1 is 1.24 bits per heavy atom. The summed E-state index contributed by atoms with van der Waals surface area (Å²) in [5, 5.41) is 3.38. The maximum Gasteiger partial charge on any atom is 0.254 e. The Kier molecular flexibility index (Phi) is 4.24. The zero-order valence-corrected chi connectivity index (χ0v) is 12.6. The summed E-state index contributed by atoms with van der Waals surface area (Å²) in [6.07, 6.45) is 4.42. The molecule has 4 heteroatoms. The fourth-order valence-electron chi connectivity index (χ4n) is 3.79. The SMILES string of the molecule is Cc1cc(F)cc(C(=O)N2CCCC2C2CCNCC2)c1. The number of hydrogen-bond acceptors (Lipinski definition) is 2. The highest BCUT2D eigenvalue weighted by molar-refractivity contribution is 5.94. The summed E-state index contributed by atoms with van der Waals surface area (Å²) < 4.78 is 13.5. The van der Waals surface area contributed by atoms with E-state index in [2.05, 4.69) is 5.32 Å². The molecule has 1 aromatic carbocycles. The van der Waals surface area contributed by atoms with Crippen molar-refractivity contribution in [1.29, 1.82) is 0 Å². The quantitative estimate of drug-likeness (QED) is 0.908. The zero-order valence-electron chi connectivity index (χ0n) is 12.6. The molecule has 1 N–H and O–H groups in total. The smallest absolute Gasteiger partial charge is 0.254 e. The molecule has 2 heterocycles. The monoisotopic (exact) mass is 290 g/mol. The fourth-order valence-corrected chi connectivity index (χ4v) is 3.79. The van der Waals surface area contributed by atoms with E-state index in [0.717, 1.165) is 50.9 Å². The second-order valence-corrected chi connectivity index (χ2v) is 6.31. The van der Waals surface area contributed by atoms with Crippen molar-refractivity contribution in [2.24, 2.45) is 5.92 Å². The maximum absolute atomic E-state index is 13.5. The van der Waals surface area contributed by atoms with Crippen molar-refractivity contribution in [1.82, 2.24) is 10.2 Å². The molecule has 2 aliphatic heterocycles. The van der Waals surface area contributed by atoms with E-state index in [1.54, 1.807) is 6.07 Å². The van der Waals surface area contributed by atoms with Crippen LogP contribution < -0.4 is 5.32 Å². The van der Waals surface area contributed by atoms with E-state index in [1.165, 1.54) is 12.1 Å². The highest BCUT2D eigenvalue weighted by Crippen LogP contribution is 2.30. The van der Waals surface area contributed by atoms with Gasteiger partial charge in [-0.3, -0.25) is 4.79 Å². The largest absolute Gasteiger partial charge is 0.335 e. The molecule has 2 saturated heterocycles. The Balaban J connectivity index is 1.79. The van der Waals surface area contributed by atoms with Gasteiger partial charge in [-0.1, -0.05) is 0 Å². The molecule has 0 aliphatic carbocycles. The molecular weight excluding hydrogens is 267 g/mol. The van der Waals surface area contributed by atoms with E-state index < -0.39 is 0 Å². The molecule has 3 nitrogen and oxygen atoms in total. The van der Waals surface area contributed by atoms with Crippen LogP contribution in [0.5, 0.6) is 0 Å². The summed E-state index contributed by atoms with van der Waals surface area (Å²) in [6.45, 7) is 4.72. The van der Waals surface area contributed by atoms with Gasteiger partial charge in [0.2, 0.25) is 0 Å². The molecule has 2 aliphatic rings. The first-order chi connectivity index (χ1) is 10.1. The minimum atomic E-state index is -0.323. The molecule has 1 aromatic rings. The molecule has 0 aromatic heterocycles. The molecule has 0 spiro atoms. The number of piperidine rings is 1. The van der Waals surface area contributed by atoms with E-state index in [4.69, 9.17) is 0 Å². The number of rotatable bonds is 2. The van der Waals surface area contributed by atoms with Crippen molar-refractivity contribution < 1.29 is 9.18 Å². The lowest BCUT2D eigenvalue weighted by atomic mass is 9.88. The number of nitrogens with zero attached hydrogens (tertiary/aromatic N) is 1. The molecule has 0 bridgehead atoms. The third kappa shape index (κ3) is 3.10. The zero-order chi connectivity index (χ0) is 14.8. The molecule has 1 unspecified atom stereocenters. The fraction of sp³-hybridized carbons (Fsp3) is 0.588. The summed E-state index contributed by atoms with van der Waals surface area (Å²) in [6, 6.07) is 4.96. The molecule has 1 amide bonds. The van der Waals surface area contributed by atoms with Gasteiger partial charge in [-0.05, 0) is 75.4 Å². The molecule has 114 valence electrons. The first-order valence-corrected chi connectivity index (χ1v) is 7.94. The van der Waals surface area contributed by atoms with Crippen molar-refractivity contribution in [3.05, 3.63) is 35.1 Å². The van der Waals surface area contributed by atoms with Gasteiger partial charge >= 0.3 is 0 Å². The van der Waals surface area contributed by atoms with Crippen LogP contribution in [0.2, 0.25) is 0 Å². The van der Waals surface area contributed by atoms with Gasteiger partial charge in [0.25, 0.3) is 5.91 Å². The van der Waals surface area contributed by atoms with Gasteiger partial charge in [0.05, 0.1) is 0 Å². The van der Waals surface area contributed by atoms with Gasteiger partial charge in [-0.2, -0.15) is 0 Å². The summed E-state index contributed by atoms with van der Waals surface area (Å²) in [5.41, 5.74) is 1.30. The van der Waals surface area contributed by atoms with Crippen molar-refractivity contribution in [2.75, 3.05) is 19.6 Å². The highest BCUT2D eigenvalue weighted by Gasteiger charge is 2.35. The number of benzene rings is 1. The van der Waals surface area contributed by atoms with Crippen molar-refractivity contribution in [2.45, 2.75) is 38.6 Å². The minimum absolute atomic E-state index is 0.00127. The van der Waals surface area contributed by atoms with Crippen molar-refractivity contribution in [3.8, 4) is 0 Å². The van der Waals surface area contributed by atoms with Gasteiger partial charge in [0, 0.05) is 18.2 Å². The minimum Gasteiger partial charge on any atom is -0.335 e. The molecule has 0 radical (unpaired) electrons. The average molecular weight is 290 g/mol. The van der Waals surface area contributed by atoms with Crippen molar-refractivity contribution in [3.63, 3.8) is 0 Å². The predicted octanol–water partition coefficient (Wildman–Crippen LogP) is 2.74. The number of nitrogens with one attached hydrogen (secondary N) is 1. The van der Waals surface area contributed by atoms with E-state index >= 15 is 0 Å². The summed E-state index contributed by atoms with van der Waals surface area (Å²) in [4.78, 5) is 14.7. The van der Waals surface area contributed by atoms with Crippen LogP contribution in [-0.2, 0) is 0 Å². The summed E-state index contributed by atoms with van der Waals surface area (Å²) in [7, 11) is 0. The van der Waals surface area contributed by atoms with E-state index in [-0.39, 0.29) is 11.7 Å². The molecule has 3 rings (SSSR count). The average Bonchev–Trinajstić information content (AvgIpc) is 2.95. The second-order valence-electron chi connectivity index (χ2n) is 6.31. The molecule has 21 heavy (non-hydrogen) atoms. The summed E-state index contributed by atoms with van der Waals surface area (Å²) in [5.74, 6) is 0.266. The topological polar surface area (TPSA) is 32.3 Å². The molecular formula is C17H23FN2O. The lowest BCUT2D eigenvalue weighted by Gasteiger charge is -2.34. The normalized spacial score (nSPS) is 23.5. The molecule has 2 fully saturated rings. The van der Waals surface area contributed by atoms with Crippen LogP contribution in [0.25, 0.3) is 0 Å². The van der Waals surface area contributed by atoms with Gasteiger partial charge < -0.3 is 10.2 Å². The Hall–Kier alpha value is -1.42. The van der Waals surface area contributed by atoms with Crippen LogP contribution in [0.15, 0.2) is 18.2 Å². The standard InChI is InChI=1S/C17H23FN2O/c1-12-9-14(11-15(18)10-12)17(21)20-8-2-3-16(20)13-4-6-19-7-5-13/h9-11,13,16,19H,2-8H2,1H3. The molecule has 1 atom stereocenters. The Bertz CT molecular complexity index is 505. The molecule has 0 saturated carbocycles. The second kappa shape index (κ2) is 6.14. The highest BCUT2D eigenvalue weighted by atomic mass is 19.1. The van der Waals surface area contributed by atoms with Crippen LogP contribution in [0, 0.1) is 18.7 Å². The van der Waals surface area contributed by atoms with E-state index in [1.807, 2.05) is 11.8 Å². The number of halogens is 1. The predicted molar refractivity (Wildman–Crippen MR) is 80.8 cm³/mol.